The van der Waals surface area contributed by atoms with Gasteiger partial charge in [-0.2, -0.15) is 0 Å². The topological polar surface area (TPSA) is 46.5 Å². The molecule has 0 amide bonds. The molecule has 0 unspecified atom stereocenters. The minimum absolute atomic E-state index is 0.164. The molecule has 0 saturated carbocycles. The van der Waals surface area contributed by atoms with Crippen LogP contribution in [0.3, 0.4) is 0 Å². The zero-order chi connectivity index (χ0) is 10.3. The predicted octanol–water partition coefficient (Wildman–Crippen LogP) is 0.132. The van der Waals surface area contributed by atoms with E-state index in [0.29, 0.717) is 17.6 Å². The van der Waals surface area contributed by atoms with Crippen molar-refractivity contribution in [3.63, 3.8) is 0 Å². The summed E-state index contributed by atoms with van der Waals surface area (Å²) in [5, 5.41) is 8.62. The molecule has 0 aromatic carbocycles. The van der Waals surface area contributed by atoms with Crippen LogP contribution < -0.4 is 0 Å². The van der Waals surface area contributed by atoms with Gasteiger partial charge in [0, 0.05) is 19.1 Å². The molecule has 0 aliphatic carbocycles. The van der Waals surface area contributed by atoms with Gasteiger partial charge >= 0.3 is 5.97 Å². The number of hydrogen-bond acceptors (Lipinski definition) is 3. The normalized spacial score (nSPS) is 11.0. The van der Waals surface area contributed by atoms with Crippen molar-refractivity contribution in [3.05, 3.63) is 12.7 Å². The molecule has 0 aromatic heterocycles. The average Bonchev–Trinajstić information content (AvgIpc) is 2.11. The highest BCUT2D eigenvalue weighted by Gasteiger charge is 2.15. The van der Waals surface area contributed by atoms with Crippen LogP contribution in [0.15, 0.2) is 12.7 Å². The van der Waals surface area contributed by atoms with E-state index in [4.69, 9.17) is 9.84 Å². The number of aliphatic hydroxyl groups is 1. The third-order valence-electron chi connectivity index (χ3n) is 1.64. The first-order valence-electron chi connectivity index (χ1n) is 4.24. The fourth-order valence-corrected chi connectivity index (χ4v) is 0.861. The maximum absolute atomic E-state index is 10.7. The highest BCUT2D eigenvalue weighted by Crippen LogP contribution is 1.99. The van der Waals surface area contributed by atoms with Gasteiger partial charge in [0.15, 0.2) is 0 Å². The third-order valence-corrected chi connectivity index (χ3v) is 1.64. The Labute approximate surface area is 79.0 Å². The molecule has 0 spiro atoms. The molecule has 0 heterocycles. The Bertz CT molecular complexity index is 178. The van der Waals surface area contributed by atoms with E-state index in [2.05, 4.69) is 6.58 Å². The number of hydrogen-bond donors (Lipinski definition) is 1. The fraction of sp³-hybridized carbons (Fsp3) is 0.667. The molecule has 0 atom stereocenters. The maximum atomic E-state index is 10.7. The van der Waals surface area contributed by atoms with Crippen LogP contribution in [0.4, 0.5) is 0 Å². The number of carbonyl (C=O) groups excluding carboxylic acids is 1. The van der Waals surface area contributed by atoms with E-state index in [1.165, 1.54) is 0 Å². The summed E-state index contributed by atoms with van der Waals surface area (Å²) in [5.41, 5.74) is 0. The van der Waals surface area contributed by atoms with Crippen molar-refractivity contribution in [2.24, 2.45) is 0 Å². The summed E-state index contributed by atoms with van der Waals surface area (Å²) in [7, 11) is 3.87. The highest BCUT2D eigenvalue weighted by molar-refractivity contribution is 5.81. The van der Waals surface area contributed by atoms with E-state index in [1.54, 1.807) is 0 Å². The number of nitrogens with zero attached hydrogens (tertiary/aromatic N) is 1. The first-order chi connectivity index (χ1) is 6.02. The maximum Gasteiger partial charge on any atom is 0.334 e. The molecule has 0 radical (unpaired) electrons. The SMILES string of the molecule is C=CC(=O)OC[N+](C)(C)CCCO. The number of aliphatic hydroxyl groups excluding tert-OH is 1. The number of quaternary nitrogens is 1. The van der Waals surface area contributed by atoms with Crippen LogP contribution >= 0.6 is 0 Å². The monoisotopic (exact) mass is 188 g/mol. The molecular formula is C9H18NO3+. The molecule has 0 aliphatic rings. The van der Waals surface area contributed by atoms with E-state index >= 15 is 0 Å². The lowest BCUT2D eigenvalue weighted by atomic mass is 10.4. The van der Waals surface area contributed by atoms with E-state index < -0.39 is 5.97 Å². The largest absolute Gasteiger partial charge is 0.412 e. The number of esters is 1. The summed E-state index contributed by atoms with van der Waals surface area (Å²) in [4.78, 5) is 10.7. The van der Waals surface area contributed by atoms with Gasteiger partial charge in [0.05, 0.1) is 20.6 Å². The Morgan fingerprint density at radius 2 is 2.23 bits per heavy atom. The second-order valence-corrected chi connectivity index (χ2v) is 3.53. The van der Waals surface area contributed by atoms with Crippen molar-refractivity contribution in [2.75, 3.05) is 34.0 Å². The van der Waals surface area contributed by atoms with Crippen LogP contribution in [-0.2, 0) is 9.53 Å². The minimum Gasteiger partial charge on any atom is -0.412 e. The smallest absolute Gasteiger partial charge is 0.334 e. The lowest BCUT2D eigenvalue weighted by molar-refractivity contribution is -0.907. The highest BCUT2D eigenvalue weighted by atomic mass is 16.5. The van der Waals surface area contributed by atoms with Gasteiger partial charge in [-0.15, -0.1) is 0 Å². The van der Waals surface area contributed by atoms with Crippen molar-refractivity contribution in [2.45, 2.75) is 6.42 Å². The van der Waals surface area contributed by atoms with Gasteiger partial charge in [-0.3, -0.25) is 4.48 Å². The molecule has 0 aromatic rings. The van der Waals surface area contributed by atoms with Gasteiger partial charge in [0.2, 0.25) is 6.73 Å². The molecular weight excluding hydrogens is 170 g/mol. The van der Waals surface area contributed by atoms with Gasteiger partial charge in [-0.1, -0.05) is 6.58 Å². The summed E-state index contributed by atoms with van der Waals surface area (Å²) < 4.78 is 5.44. The minimum atomic E-state index is -0.407. The van der Waals surface area contributed by atoms with Gasteiger partial charge in [0.1, 0.15) is 0 Å². The van der Waals surface area contributed by atoms with Gasteiger partial charge in [-0.05, 0) is 0 Å². The number of carbonyl (C=O) groups is 1. The van der Waals surface area contributed by atoms with Gasteiger partial charge in [0.25, 0.3) is 0 Å². The predicted molar refractivity (Wildman–Crippen MR) is 49.8 cm³/mol. The van der Waals surface area contributed by atoms with Gasteiger partial charge in [-0.25, -0.2) is 4.79 Å². The second-order valence-electron chi connectivity index (χ2n) is 3.53. The Balaban J connectivity index is 3.74. The van der Waals surface area contributed by atoms with Gasteiger partial charge < -0.3 is 9.84 Å². The molecule has 13 heavy (non-hydrogen) atoms. The standard InChI is InChI=1S/C9H18NO3/c1-4-9(12)13-8-10(2,3)6-5-7-11/h4,11H,1,5-8H2,2-3H3/q+1. The van der Waals surface area contributed by atoms with E-state index in [9.17, 15) is 4.79 Å². The number of rotatable bonds is 6. The Hall–Kier alpha value is -0.870. The zero-order valence-corrected chi connectivity index (χ0v) is 8.32. The van der Waals surface area contributed by atoms with E-state index in [1.807, 2.05) is 14.1 Å². The molecule has 4 heteroatoms. The molecule has 0 aliphatic heterocycles. The summed E-state index contributed by atoms with van der Waals surface area (Å²) >= 11 is 0. The summed E-state index contributed by atoms with van der Waals surface area (Å²) in [5.74, 6) is -0.407. The second kappa shape index (κ2) is 5.72. The zero-order valence-electron chi connectivity index (χ0n) is 8.32. The van der Waals surface area contributed by atoms with Crippen molar-refractivity contribution in [1.82, 2.24) is 0 Å². The van der Waals surface area contributed by atoms with Crippen LogP contribution in [0.2, 0.25) is 0 Å². The Morgan fingerprint density at radius 1 is 1.62 bits per heavy atom. The molecule has 76 valence electrons. The van der Waals surface area contributed by atoms with Crippen molar-refractivity contribution >= 4 is 5.97 Å². The Morgan fingerprint density at radius 3 is 2.69 bits per heavy atom. The van der Waals surface area contributed by atoms with E-state index in [0.717, 1.165) is 12.6 Å². The van der Waals surface area contributed by atoms with Crippen LogP contribution in [0.1, 0.15) is 6.42 Å². The molecule has 4 nitrogen and oxygen atoms in total. The van der Waals surface area contributed by atoms with Crippen LogP contribution in [0, 0.1) is 0 Å². The lowest BCUT2D eigenvalue weighted by Gasteiger charge is -2.28. The first kappa shape index (κ1) is 12.1. The van der Waals surface area contributed by atoms with Crippen molar-refractivity contribution in [1.29, 1.82) is 0 Å². The molecule has 0 fully saturated rings. The van der Waals surface area contributed by atoms with Crippen LogP contribution in [-0.4, -0.2) is 49.5 Å². The summed E-state index contributed by atoms with van der Waals surface area (Å²) in [6.07, 6.45) is 1.85. The van der Waals surface area contributed by atoms with Crippen LogP contribution in [0.5, 0.6) is 0 Å². The van der Waals surface area contributed by atoms with E-state index in [-0.39, 0.29) is 6.61 Å². The molecule has 0 saturated heterocycles. The first-order valence-corrected chi connectivity index (χ1v) is 4.24. The number of ether oxygens (including phenoxy) is 1. The van der Waals surface area contributed by atoms with Crippen molar-refractivity contribution in [3.8, 4) is 0 Å². The van der Waals surface area contributed by atoms with Crippen LogP contribution in [0.25, 0.3) is 0 Å². The molecule has 0 rings (SSSR count). The average molecular weight is 188 g/mol. The fourth-order valence-electron chi connectivity index (χ4n) is 0.861. The third kappa shape index (κ3) is 6.31. The lowest BCUT2D eigenvalue weighted by Crippen LogP contribution is -2.43. The quantitative estimate of drug-likeness (QED) is 0.279. The Kier molecular flexibility index (Phi) is 5.34. The summed E-state index contributed by atoms with van der Waals surface area (Å²) in [6, 6.07) is 0. The van der Waals surface area contributed by atoms with Crippen molar-refractivity contribution < 1.29 is 19.1 Å². The summed E-state index contributed by atoms with van der Waals surface area (Å²) in [6.45, 7) is 4.55. The molecule has 0 bridgehead atoms. The molecule has 1 N–H and O–H groups in total.